The molecule has 1 N–H and O–H groups in total. The molecule has 0 unspecified atom stereocenters. The maximum Gasteiger partial charge on any atom is 0.241 e. The van der Waals surface area contributed by atoms with Gasteiger partial charge in [-0.1, -0.05) is 62.4 Å². The molecule has 0 fully saturated rings. The highest BCUT2D eigenvalue weighted by Gasteiger charge is 2.15. The van der Waals surface area contributed by atoms with E-state index in [0.717, 1.165) is 17.8 Å². The molecule has 0 aliphatic carbocycles. The van der Waals surface area contributed by atoms with Crippen LogP contribution in [-0.2, 0) is 11.3 Å². The molecule has 0 heterocycles. The van der Waals surface area contributed by atoms with Crippen LogP contribution in [0.5, 0.6) is 0 Å². The number of rotatable bonds is 7. The van der Waals surface area contributed by atoms with Crippen molar-refractivity contribution in [1.82, 2.24) is 5.32 Å². The van der Waals surface area contributed by atoms with E-state index >= 15 is 0 Å². The first-order chi connectivity index (χ1) is 10.7. The van der Waals surface area contributed by atoms with E-state index in [0.29, 0.717) is 19.0 Å². The Morgan fingerprint density at radius 1 is 1.00 bits per heavy atom. The van der Waals surface area contributed by atoms with Gasteiger partial charge in [0.05, 0.1) is 13.1 Å². The molecular formula is C19H24N2O. The van der Waals surface area contributed by atoms with Crippen LogP contribution in [0.2, 0.25) is 0 Å². The highest BCUT2D eigenvalue weighted by atomic mass is 16.2. The van der Waals surface area contributed by atoms with E-state index < -0.39 is 0 Å². The molecule has 0 aliphatic rings. The largest absolute Gasteiger partial charge is 0.308 e. The van der Waals surface area contributed by atoms with Gasteiger partial charge in [0.15, 0.2) is 0 Å². The van der Waals surface area contributed by atoms with E-state index in [2.05, 4.69) is 19.2 Å². The topological polar surface area (TPSA) is 32.3 Å². The number of para-hydroxylation sites is 1. The third-order valence-electron chi connectivity index (χ3n) is 3.38. The average molecular weight is 296 g/mol. The van der Waals surface area contributed by atoms with Gasteiger partial charge in [-0.05, 0) is 30.2 Å². The zero-order valence-electron chi connectivity index (χ0n) is 13.3. The maximum atomic E-state index is 12.6. The number of nitrogens with zero attached hydrogens (tertiary/aromatic N) is 1. The number of amides is 1. The molecular weight excluding hydrogens is 272 g/mol. The SMILES string of the molecule is CC(C)CNCC(=O)N(Cc1ccccc1)c1ccccc1. The van der Waals surface area contributed by atoms with Crippen molar-refractivity contribution in [2.75, 3.05) is 18.0 Å². The Kier molecular flexibility index (Phi) is 6.16. The van der Waals surface area contributed by atoms with Gasteiger partial charge < -0.3 is 10.2 Å². The summed E-state index contributed by atoms with van der Waals surface area (Å²) in [5.41, 5.74) is 2.06. The predicted octanol–water partition coefficient (Wildman–Crippen LogP) is 3.47. The van der Waals surface area contributed by atoms with Crippen molar-refractivity contribution < 1.29 is 4.79 Å². The molecule has 2 aromatic rings. The average Bonchev–Trinajstić information content (AvgIpc) is 2.54. The maximum absolute atomic E-state index is 12.6. The summed E-state index contributed by atoms with van der Waals surface area (Å²) in [5.74, 6) is 0.628. The Labute approximate surface area is 133 Å². The van der Waals surface area contributed by atoms with Crippen LogP contribution in [0.3, 0.4) is 0 Å². The Bertz CT molecular complexity index is 567. The zero-order chi connectivity index (χ0) is 15.8. The van der Waals surface area contributed by atoms with Crippen molar-refractivity contribution in [2.24, 2.45) is 5.92 Å². The van der Waals surface area contributed by atoms with Crippen LogP contribution < -0.4 is 10.2 Å². The number of hydrogen-bond acceptors (Lipinski definition) is 2. The van der Waals surface area contributed by atoms with E-state index in [1.807, 2.05) is 65.6 Å². The molecule has 22 heavy (non-hydrogen) atoms. The lowest BCUT2D eigenvalue weighted by atomic mass is 10.2. The molecule has 116 valence electrons. The molecule has 0 atom stereocenters. The van der Waals surface area contributed by atoms with Gasteiger partial charge in [0, 0.05) is 5.69 Å². The molecule has 0 aliphatic heterocycles. The third kappa shape index (κ3) is 5.01. The smallest absolute Gasteiger partial charge is 0.241 e. The van der Waals surface area contributed by atoms with Gasteiger partial charge in [-0.3, -0.25) is 4.79 Å². The molecule has 0 saturated heterocycles. The van der Waals surface area contributed by atoms with E-state index in [1.165, 1.54) is 0 Å². The molecule has 1 amide bonds. The first kappa shape index (κ1) is 16.2. The summed E-state index contributed by atoms with van der Waals surface area (Å²) in [6.45, 7) is 6.07. The summed E-state index contributed by atoms with van der Waals surface area (Å²) in [6, 6.07) is 19.9. The van der Waals surface area contributed by atoms with E-state index in [9.17, 15) is 4.79 Å². The van der Waals surface area contributed by atoms with Gasteiger partial charge in [0.25, 0.3) is 0 Å². The fourth-order valence-electron chi connectivity index (χ4n) is 2.26. The van der Waals surface area contributed by atoms with Crippen molar-refractivity contribution in [1.29, 1.82) is 0 Å². The lowest BCUT2D eigenvalue weighted by Gasteiger charge is -2.23. The summed E-state index contributed by atoms with van der Waals surface area (Å²) in [5, 5.41) is 3.23. The Morgan fingerprint density at radius 2 is 1.59 bits per heavy atom. The predicted molar refractivity (Wildman–Crippen MR) is 91.8 cm³/mol. The highest BCUT2D eigenvalue weighted by Crippen LogP contribution is 2.17. The molecule has 0 spiro atoms. The molecule has 2 rings (SSSR count). The zero-order valence-corrected chi connectivity index (χ0v) is 13.3. The Balaban J connectivity index is 2.10. The van der Waals surface area contributed by atoms with Gasteiger partial charge in [-0.2, -0.15) is 0 Å². The van der Waals surface area contributed by atoms with E-state index in [-0.39, 0.29) is 5.91 Å². The lowest BCUT2D eigenvalue weighted by Crippen LogP contribution is -2.38. The van der Waals surface area contributed by atoms with Crippen molar-refractivity contribution in [3.8, 4) is 0 Å². The van der Waals surface area contributed by atoms with Crippen molar-refractivity contribution in [3.63, 3.8) is 0 Å². The fraction of sp³-hybridized carbons (Fsp3) is 0.316. The van der Waals surface area contributed by atoms with Crippen molar-refractivity contribution >= 4 is 11.6 Å². The minimum atomic E-state index is 0.0932. The third-order valence-corrected chi connectivity index (χ3v) is 3.38. The second-order valence-corrected chi connectivity index (χ2v) is 5.83. The van der Waals surface area contributed by atoms with Crippen LogP contribution in [0.25, 0.3) is 0 Å². The number of hydrogen-bond donors (Lipinski definition) is 1. The van der Waals surface area contributed by atoms with Crippen LogP contribution in [-0.4, -0.2) is 19.0 Å². The van der Waals surface area contributed by atoms with Gasteiger partial charge in [-0.15, -0.1) is 0 Å². The van der Waals surface area contributed by atoms with Gasteiger partial charge >= 0.3 is 0 Å². The van der Waals surface area contributed by atoms with Crippen LogP contribution in [0.4, 0.5) is 5.69 Å². The monoisotopic (exact) mass is 296 g/mol. The van der Waals surface area contributed by atoms with Crippen LogP contribution in [0.15, 0.2) is 60.7 Å². The standard InChI is InChI=1S/C19H24N2O/c1-16(2)13-20-14-19(22)21(18-11-7-4-8-12-18)15-17-9-5-3-6-10-17/h3-12,16,20H,13-15H2,1-2H3. The minimum Gasteiger partial charge on any atom is -0.308 e. The highest BCUT2D eigenvalue weighted by molar-refractivity contribution is 5.94. The molecule has 3 heteroatoms. The minimum absolute atomic E-state index is 0.0932. The van der Waals surface area contributed by atoms with Crippen LogP contribution in [0.1, 0.15) is 19.4 Å². The summed E-state index contributed by atoms with van der Waals surface area (Å²) in [4.78, 5) is 14.4. The lowest BCUT2D eigenvalue weighted by molar-refractivity contribution is -0.117. The first-order valence-electron chi connectivity index (χ1n) is 7.77. The van der Waals surface area contributed by atoms with Crippen LogP contribution in [0, 0.1) is 5.92 Å². The summed E-state index contributed by atoms with van der Waals surface area (Å²) in [6.07, 6.45) is 0. The molecule has 3 nitrogen and oxygen atoms in total. The van der Waals surface area contributed by atoms with E-state index in [4.69, 9.17) is 0 Å². The second kappa shape index (κ2) is 8.35. The number of benzene rings is 2. The van der Waals surface area contributed by atoms with Crippen molar-refractivity contribution in [3.05, 3.63) is 66.2 Å². The number of anilines is 1. The summed E-state index contributed by atoms with van der Waals surface area (Å²) in [7, 11) is 0. The molecule has 0 bridgehead atoms. The fourth-order valence-corrected chi connectivity index (χ4v) is 2.26. The van der Waals surface area contributed by atoms with Gasteiger partial charge in [0.2, 0.25) is 5.91 Å². The summed E-state index contributed by atoms with van der Waals surface area (Å²) < 4.78 is 0. The number of carbonyl (C=O) groups excluding carboxylic acids is 1. The molecule has 0 radical (unpaired) electrons. The second-order valence-electron chi connectivity index (χ2n) is 5.83. The number of carbonyl (C=O) groups is 1. The van der Waals surface area contributed by atoms with Crippen LogP contribution >= 0.6 is 0 Å². The van der Waals surface area contributed by atoms with E-state index in [1.54, 1.807) is 0 Å². The first-order valence-corrected chi connectivity index (χ1v) is 7.77. The summed E-state index contributed by atoms with van der Waals surface area (Å²) >= 11 is 0. The van der Waals surface area contributed by atoms with Gasteiger partial charge in [-0.25, -0.2) is 0 Å². The number of nitrogens with one attached hydrogen (secondary N) is 1. The Morgan fingerprint density at radius 3 is 2.18 bits per heavy atom. The normalized spacial score (nSPS) is 10.7. The van der Waals surface area contributed by atoms with Gasteiger partial charge in [0.1, 0.15) is 0 Å². The molecule has 0 saturated carbocycles. The quantitative estimate of drug-likeness (QED) is 0.848. The Hall–Kier alpha value is -2.13. The molecule has 2 aromatic carbocycles. The van der Waals surface area contributed by atoms with Crippen molar-refractivity contribution in [2.45, 2.75) is 20.4 Å². The molecule has 0 aromatic heterocycles.